The smallest absolute Gasteiger partial charge is 0.196 e. The summed E-state index contributed by atoms with van der Waals surface area (Å²) >= 11 is 1.70. The van der Waals surface area contributed by atoms with Crippen LogP contribution >= 0.6 is 11.8 Å². The molecule has 0 spiro atoms. The molecule has 5 nitrogen and oxygen atoms in total. The van der Waals surface area contributed by atoms with Gasteiger partial charge in [0, 0.05) is 35.6 Å². The molecule has 0 atom stereocenters. The van der Waals surface area contributed by atoms with E-state index in [0.29, 0.717) is 0 Å². The third-order valence-corrected chi connectivity index (χ3v) is 5.57. The Kier molecular flexibility index (Phi) is 5.48. The fourth-order valence-electron chi connectivity index (χ4n) is 2.94. The molecule has 1 aromatic carbocycles. The first-order valence-electron chi connectivity index (χ1n) is 9.18. The Hall–Kier alpha value is -2.99. The third-order valence-electron chi connectivity index (χ3n) is 4.64. The number of rotatable bonds is 6. The number of aromatic nitrogens is 5. The maximum Gasteiger partial charge on any atom is 0.196 e. The van der Waals surface area contributed by atoms with Gasteiger partial charge in [0.25, 0.3) is 0 Å². The van der Waals surface area contributed by atoms with E-state index in [-0.39, 0.29) is 0 Å². The maximum atomic E-state index is 4.49. The lowest BCUT2D eigenvalue weighted by molar-refractivity contribution is 0.882. The van der Waals surface area contributed by atoms with Crippen LogP contribution in [0, 0.1) is 13.8 Å². The van der Waals surface area contributed by atoms with Crippen molar-refractivity contribution in [2.45, 2.75) is 25.4 Å². The largest absolute Gasteiger partial charge is 0.270 e. The first kappa shape index (κ1) is 18.4. The molecule has 0 aliphatic heterocycles. The molecule has 0 saturated carbocycles. The molecule has 0 amide bonds. The van der Waals surface area contributed by atoms with Crippen LogP contribution in [-0.2, 0) is 6.42 Å². The molecular weight excluding hydrogens is 366 g/mol. The number of thioether (sulfide) groups is 1. The van der Waals surface area contributed by atoms with Crippen molar-refractivity contribution in [1.82, 2.24) is 24.7 Å². The number of hydrogen-bond acceptors (Lipinski definition) is 5. The second-order valence-electron chi connectivity index (χ2n) is 6.57. The van der Waals surface area contributed by atoms with Crippen molar-refractivity contribution in [3.8, 4) is 17.1 Å². The minimum absolute atomic E-state index is 0.825. The van der Waals surface area contributed by atoms with E-state index < -0.39 is 0 Å². The van der Waals surface area contributed by atoms with E-state index in [1.807, 2.05) is 30.5 Å². The highest BCUT2D eigenvalue weighted by Gasteiger charge is 2.16. The van der Waals surface area contributed by atoms with Crippen molar-refractivity contribution in [3.63, 3.8) is 0 Å². The molecule has 0 aliphatic carbocycles. The summed E-state index contributed by atoms with van der Waals surface area (Å²) < 4.78 is 2.13. The van der Waals surface area contributed by atoms with E-state index in [9.17, 15) is 0 Å². The van der Waals surface area contributed by atoms with Crippen molar-refractivity contribution in [3.05, 3.63) is 83.9 Å². The van der Waals surface area contributed by atoms with Crippen molar-refractivity contribution in [2.24, 2.45) is 0 Å². The van der Waals surface area contributed by atoms with E-state index in [0.717, 1.165) is 40.1 Å². The molecule has 28 heavy (non-hydrogen) atoms. The summed E-state index contributed by atoms with van der Waals surface area (Å²) in [4.78, 5) is 8.52. The van der Waals surface area contributed by atoms with Crippen LogP contribution in [-0.4, -0.2) is 30.5 Å². The maximum absolute atomic E-state index is 4.49. The van der Waals surface area contributed by atoms with Gasteiger partial charge in [-0.2, -0.15) is 0 Å². The van der Waals surface area contributed by atoms with E-state index in [1.165, 1.54) is 11.1 Å². The molecule has 3 aromatic heterocycles. The zero-order valence-corrected chi connectivity index (χ0v) is 16.7. The molecule has 0 unspecified atom stereocenters. The zero-order chi connectivity index (χ0) is 19.3. The molecule has 6 heteroatoms. The van der Waals surface area contributed by atoms with Gasteiger partial charge in [0.15, 0.2) is 11.0 Å². The fourth-order valence-corrected chi connectivity index (χ4v) is 3.86. The summed E-state index contributed by atoms with van der Waals surface area (Å²) in [7, 11) is 0. The van der Waals surface area contributed by atoms with Gasteiger partial charge in [-0.15, -0.1) is 10.2 Å². The molecule has 4 aromatic rings. The summed E-state index contributed by atoms with van der Waals surface area (Å²) in [5.74, 6) is 1.71. The molecule has 3 heterocycles. The zero-order valence-electron chi connectivity index (χ0n) is 15.9. The minimum atomic E-state index is 0.825. The standard InChI is InChI=1S/C22H21N5S/c1-16-6-7-20(15-17(16)2)27-21(18-8-12-23-13-9-18)25-26-22(27)28-14-10-19-5-3-4-11-24-19/h3-9,11-13,15H,10,14H2,1-2H3. The lowest BCUT2D eigenvalue weighted by Gasteiger charge is -2.12. The Labute approximate surface area is 168 Å². The van der Waals surface area contributed by atoms with E-state index >= 15 is 0 Å². The van der Waals surface area contributed by atoms with Gasteiger partial charge < -0.3 is 0 Å². The minimum Gasteiger partial charge on any atom is -0.270 e. The van der Waals surface area contributed by atoms with E-state index in [1.54, 1.807) is 24.2 Å². The highest BCUT2D eigenvalue weighted by atomic mass is 32.2. The van der Waals surface area contributed by atoms with Gasteiger partial charge in [0.1, 0.15) is 0 Å². The second kappa shape index (κ2) is 8.35. The first-order chi connectivity index (χ1) is 13.7. The quantitative estimate of drug-likeness (QED) is 0.450. The van der Waals surface area contributed by atoms with E-state index in [4.69, 9.17) is 0 Å². The van der Waals surface area contributed by atoms with Crippen LogP contribution < -0.4 is 0 Å². The fraction of sp³-hybridized carbons (Fsp3) is 0.182. The van der Waals surface area contributed by atoms with Gasteiger partial charge in [-0.1, -0.05) is 23.9 Å². The van der Waals surface area contributed by atoms with Crippen molar-refractivity contribution in [1.29, 1.82) is 0 Å². The molecule has 0 saturated heterocycles. The van der Waals surface area contributed by atoms with E-state index in [2.05, 4.69) is 62.8 Å². The Bertz CT molecular complexity index is 1060. The number of nitrogens with zero attached hydrogens (tertiary/aromatic N) is 5. The van der Waals surface area contributed by atoms with Gasteiger partial charge >= 0.3 is 0 Å². The topological polar surface area (TPSA) is 56.5 Å². The van der Waals surface area contributed by atoms with Crippen LogP contribution in [0.2, 0.25) is 0 Å². The van der Waals surface area contributed by atoms with Crippen LogP contribution in [0.25, 0.3) is 17.1 Å². The normalized spacial score (nSPS) is 10.9. The highest BCUT2D eigenvalue weighted by molar-refractivity contribution is 7.99. The number of pyridine rings is 2. The lowest BCUT2D eigenvalue weighted by Crippen LogP contribution is -2.02. The lowest BCUT2D eigenvalue weighted by atomic mass is 10.1. The van der Waals surface area contributed by atoms with Crippen LogP contribution in [0.4, 0.5) is 0 Å². The third kappa shape index (κ3) is 3.97. The molecule has 0 bridgehead atoms. The van der Waals surface area contributed by atoms with Crippen molar-refractivity contribution >= 4 is 11.8 Å². The van der Waals surface area contributed by atoms with Crippen LogP contribution in [0.3, 0.4) is 0 Å². The van der Waals surface area contributed by atoms with Crippen LogP contribution in [0.15, 0.2) is 72.3 Å². The van der Waals surface area contributed by atoms with Crippen molar-refractivity contribution in [2.75, 3.05) is 5.75 Å². The van der Waals surface area contributed by atoms with Gasteiger partial charge in [0.2, 0.25) is 0 Å². The summed E-state index contributed by atoms with van der Waals surface area (Å²) in [6, 6.07) is 16.4. The Morgan fingerprint density at radius 1 is 0.893 bits per heavy atom. The first-order valence-corrected chi connectivity index (χ1v) is 10.2. The predicted octanol–water partition coefficient (Wildman–Crippen LogP) is 4.68. The molecule has 0 fully saturated rings. The highest BCUT2D eigenvalue weighted by Crippen LogP contribution is 2.29. The Balaban J connectivity index is 1.68. The summed E-state index contributed by atoms with van der Waals surface area (Å²) in [5.41, 5.74) is 5.67. The molecule has 0 N–H and O–H groups in total. The van der Waals surface area contributed by atoms with Crippen LogP contribution in [0.1, 0.15) is 16.8 Å². The van der Waals surface area contributed by atoms with Gasteiger partial charge in [-0.25, -0.2) is 0 Å². The molecule has 140 valence electrons. The molecular formula is C22H21N5S. The average Bonchev–Trinajstić information content (AvgIpc) is 3.15. The summed E-state index contributed by atoms with van der Waals surface area (Å²) in [6.07, 6.45) is 6.28. The SMILES string of the molecule is Cc1ccc(-n2c(SCCc3ccccn3)nnc2-c2ccncc2)cc1C. The van der Waals surface area contributed by atoms with Gasteiger partial charge in [-0.05, 0) is 67.8 Å². The monoisotopic (exact) mass is 387 g/mol. The number of aryl methyl sites for hydroxylation is 3. The molecule has 4 rings (SSSR count). The Morgan fingerprint density at radius 2 is 1.75 bits per heavy atom. The second-order valence-corrected chi connectivity index (χ2v) is 7.63. The molecule has 0 radical (unpaired) electrons. The molecule has 0 aliphatic rings. The van der Waals surface area contributed by atoms with Crippen LogP contribution in [0.5, 0.6) is 0 Å². The van der Waals surface area contributed by atoms with Gasteiger partial charge in [0.05, 0.1) is 5.69 Å². The summed E-state index contributed by atoms with van der Waals surface area (Å²) in [6.45, 7) is 4.25. The number of hydrogen-bond donors (Lipinski definition) is 0. The van der Waals surface area contributed by atoms with Crippen molar-refractivity contribution < 1.29 is 0 Å². The Morgan fingerprint density at radius 3 is 2.50 bits per heavy atom. The number of benzene rings is 1. The van der Waals surface area contributed by atoms with Gasteiger partial charge in [-0.3, -0.25) is 14.5 Å². The summed E-state index contributed by atoms with van der Waals surface area (Å²) in [5, 5.41) is 9.86. The average molecular weight is 388 g/mol. The predicted molar refractivity (Wildman–Crippen MR) is 113 cm³/mol.